The maximum absolute atomic E-state index is 2.48. The van der Waals surface area contributed by atoms with E-state index in [1.54, 1.807) is 5.57 Å². The zero-order valence-electron chi connectivity index (χ0n) is 12.2. The second-order valence-electron chi connectivity index (χ2n) is 6.87. The first-order valence-corrected chi connectivity index (χ1v) is 7.19. The third-order valence-corrected chi connectivity index (χ3v) is 4.42. The average Bonchev–Trinajstić information content (AvgIpc) is 2.69. The number of hydrogen-bond acceptors (Lipinski definition) is 0. The van der Waals surface area contributed by atoms with E-state index in [9.17, 15) is 0 Å². The standard InChI is InChI=1S/C18H26/c1-14-12-17(18(2,3)4)13-16(14)11-10-15-8-6-5-7-9-15/h5-9,11,14,17H,10,12-13H2,1-4H3. The van der Waals surface area contributed by atoms with Crippen LogP contribution in [0.1, 0.15) is 46.1 Å². The van der Waals surface area contributed by atoms with E-state index in [4.69, 9.17) is 0 Å². The number of allylic oxidation sites excluding steroid dienone is 2. The molecule has 1 aromatic carbocycles. The highest BCUT2D eigenvalue weighted by Gasteiger charge is 2.33. The minimum absolute atomic E-state index is 0.455. The van der Waals surface area contributed by atoms with Crippen molar-refractivity contribution >= 4 is 0 Å². The fraction of sp³-hybridized carbons (Fsp3) is 0.556. The van der Waals surface area contributed by atoms with E-state index < -0.39 is 0 Å². The van der Waals surface area contributed by atoms with Crippen molar-refractivity contribution in [1.82, 2.24) is 0 Å². The van der Waals surface area contributed by atoms with Crippen molar-refractivity contribution < 1.29 is 0 Å². The quantitative estimate of drug-likeness (QED) is 0.621. The smallest absolute Gasteiger partial charge is 0.00947 e. The van der Waals surface area contributed by atoms with E-state index in [1.807, 2.05) is 0 Å². The molecule has 1 fully saturated rings. The molecule has 2 unspecified atom stereocenters. The van der Waals surface area contributed by atoms with Crippen molar-refractivity contribution in [2.45, 2.75) is 47.0 Å². The summed E-state index contributed by atoms with van der Waals surface area (Å²) in [6, 6.07) is 10.8. The summed E-state index contributed by atoms with van der Waals surface area (Å²) in [6.45, 7) is 9.53. The summed E-state index contributed by atoms with van der Waals surface area (Å²) in [6.07, 6.45) is 6.24. The number of hydrogen-bond donors (Lipinski definition) is 0. The molecule has 2 atom stereocenters. The van der Waals surface area contributed by atoms with Gasteiger partial charge < -0.3 is 0 Å². The Labute approximate surface area is 112 Å². The van der Waals surface area contributed by atoms with E-state index in [0.29, 0.717) is 5.41 Å². The lowest BCUT2D eigenvalue weighted by atomic mass is 9.79. The summed E-state index contributed by atoms with van der Waals surface area (Å²) >= 11 is 0. The van der Waals surface area contributed by atoms with Gasteiger partial charge in [-0.3, -0.25) is 0 Å². The molecular formula is C18H26. The second kappa shape index (κ2) is 5.30. The van der Waals surface area contributed by atoms with Crippen LogP contribution >= 0.6 is 0 Å². The molecule has 98 valence electrons. The highest BCUT2D eigenvalue weighted by molar-refractivity contribution is 5.21. The zero-order valence-corrected chi connectivity index (χ0v) is 12.2. The normalized spacial score (nSPS) is 26.8. The first kappa shape index (κ1) is 13.4. The molecule has 0 amide bonds. The van der Waals surface area contributed by atoms with Gasteiger partial charge in [0, 0.05) is 0 Å². The molecule has 2 rings (SSSR count). The zero-order chi connectivity index (χ0) is 13.2. The molecule has 0 aliphatic heterocycles. The van der Waals surface area contributed by atoms with Crippen LogP contribution in [0.3, 0.4) is 0 Å². The van der Waals surface area contributed by atoms with Gasteiger partial charge in [0.15, 0.2) is 0 Å². The van der Waals surface area contributed by atoms with Crippen molar-refractivity contribution in [2.75, 3.05) is 0 Å². The van der Waals surface area contributed by atoms with Gasteiger partial charge in [0.05, 0.1) is 0 Å². The minimum Gasteiger partial charge on any atom is -0.0806 e. The van der Waals surface area contributed by atoms with E-state index >= 15 is 0 Å². The van der Waals surface area contributed by atoms with Crippen molar-refractivity contribution in [3.8, 4) is 0 Å². The number of rotatable bonds is 2. The van der Waals surface area contributed by atoms with Gasteiger partial charge in [-0.1, -0.05) is 69.7 Å². The largest absolute Gasteiger partial charge is 0.0806 e. The van der Waals surface area contributed by atoms with Crippen LogP contribution in [-0.4, -0.2) is 0 Å². The Morgan fingerprint density at radius 2 is 1.83 bits per heavy atom. The van der Waals surface area contributed by atoms with E-state index in [2.05, 4.69) is 64.1 Å². The number of benzene rings is 1. The van der Waals surface area contributed by atoms with Gasteiger partial charge in [0.1, 0.15) is 0 Å². The first-order valence-electron chi connectivity index (χ1n) is 7.19. The third-order valence-electron chi connectivity index (χ3n) is 4.42. The maximum atomic E-state index is 2.48. The minimum atomic E-state index is 0.455. The van der Waals surface area contributed by atoms with Crippen LogP contribution in [0.25, 0.3) is 0 Å². The van der Waals surface area contributed by atoms with Gasteiger partial charge in [-0.2, -0.15) is 0 Å². The van der Waals surface area contributed by atoms with Gasteiger partial charge in [-0.25, -0.2) is 0 Å². The SMILES string of the molecule is CC1CC(C(C)(C)C)CC1=CCc1ccccc1. The topological polar surface area (TPSA) is 0 Å². The fourth-order valence-electron chi connectivity index (χ4n) is 2.95. The molecule has 18 heavy (non-hydrogen) atoms. The van der Waals surface area contributed by atoms with Crippen LogP contribution in [0.2, 0.25) is 0 Å². The van der Waals surface area contributed by atoms with Gasteiger partial charge in [0.2, 0.25) is 0 Å². The molecule has 0 nitrogen and oxygen atoms in total. The molecule has 0 saturated heterocycles. The average molecular weight is 242 g/mol. The molecule has 0 heterocycles. The van der Waals surface area contributed by atoms with Gasteiger partial charge >= 0.3 is 0 Å². The molecule has 0 spiro atoms. The maximum Gasteiger partial charge on any atom is -0.00947 e. The highest BCUT2D eigenvalue weighted by Crippen LogP contribution is 2.44. The summed E-state index contributed by atoms with van der Waals surface area (Å²) in [5.41, 5.74) is 3.56. The van der Waals surface area contributed by atoms with Crippen LogP contribution in [0.4, 0.5) is 0 Å². The Morgan fingerprint density at radius 1 is 1.17 bits per heavy atom. The molecule has 0 bridgehead atoms. The Bertz CT molecular complexity index is 405. The van der Waals surface area contributed by atoms with Crippen LogP contribution in [0.15, 0.2) is 42.0 Å². The van der Waals surface area contributed by atoms with Crippen LogP contribution in [0, 0.1) is 17.3 Å². The predicted octanol–water partition coefficient (Wildman–Crippen LogP) is 5.25. The third kappa shape index (κ3) is 3.25. The highest BCUT2D eigenvalue weighted by atomic mass is 14.4. The Kier molecular flexibility index (Phi) is 3.94. The molecule has 0 aromatic heterocycles. The van der Waals surface area contributed by atoms with Gasteiger partial charge in [0.25, 0.3) is 0 Å². The molecule has 1 saturated carbocycles. The molecule has 1 aliphatic carbocycles. The Morgan fingerprint density at radius 3 is 2.39 bits per heavy atom. The van der Waals surface area contributed by atoms with E-state index in [-0.39, 0.29) is 0 Å². The van der Waals surface area contributed by atoms with Gasteiger partial charge in [-0.15, -0.1) is 0 Å². The summed E-state index contributed by atoms with van der Waals surface area (Å²) in [5, 5.41) is 0. The lowest BCUT2D eigenvalue weighted by Crippen LogP contribution is -2.17. The molecule has 0 radical (unpaired) electrons. The van der Waals surface area contributed by atoms with Crippen LogP contribution < -0.4 is 0 Å². The first-order chi connectivity index (χ1) is 8.47. The summed E-state index contributed by atoms with van der Waals surface area (Å²) in [4.78, 5) is 0. The van der Waals surface area contributed by atoms with Crippen molar-refractivity contribution in [3.05, 3.63) is 47.5 Å². The summed E-state index contributed by atoms with van der Waals surface area (Å²) in [7, 11) is 0. The second-order valence-corrected chi connectivity index (χ2v) is 6.87. The Balaban J connectivity index is 2.02. The van der Waals surface area contributed by atoms with E-state index in [1.165, 1.54) is 18.4 Å². The van der Waals surface area contributed by atoms with Crippen LogP contribution in [0.5, 0.6) is 0 Å². The summed E-state index contributed by atoms with van der Waals surface area (Å²) < 4.78 is 0. The van der Waals surface area contributed by atoms with Crippen molar-refractivity contribution in [3.63, 3.8) is 0 Å². The molecule has 1 aliphatic rings. The molecular weight excluding hydrogens is 216 g/mol. The van der Waals surface area contributed by atoms with Gasteiger partial charge in [-0.05, 0) is 42.1 Å². The summed E-state index contributed by atoms with van der Waals surface area (Å²) in [5.74, 6) is 1.63. The Hall–Kier alpha value is -1.04. The molecule has 0 N–H and O–H groups in total. The van der Waals surface area contributed by atoms with Crippen molar-refractivity contribution in [2.24, 2.45) is 17.3 Å². The monoisotopic (exact) mass is 242 g/mol. The predicted molar refractivity (Wildman–Crippen MR) is 79.6 cm³/mol. The lowest BCUT2D eigenvalue weighted by molar-refractivity contribution is 0.242. The lowest BCUT2D eigenvalue weighted by Gasteiger charge is -2.26. The van der Waals surface area contributed by atoms with E-state index in [0.717, 1.165) is 18.3 Å². The molecule has 0 heteroatoms. The van der Waals surface area contributed by atoms with Crippen LogP contribution in [-0.2, 0) is 6.42 Å². The van der Waals surface area contributed by atoms with Crippen molar-refractivity contribution in [1.29, 1.82) is 0 Å². The fourth-order valence-corrected chi connectivity index (χ4v) is 2.95. The molecule has 1 aromatic rings.